The molecule has 0 saturated heterocycles. The fourth-order valence-electron chi connectivity index (χ4n) is 2.30. The van der Waals surface area contributed by atoms with E-state index in [0.29, 0.717) is 19.3 Å². The summed E-state index contributed by atoms with van der Waals surface area (Å²) >= 11 is 0. The second kappa shape index (κ2) is 5.60. The second-order valence-electron chi connectivity index (χ2n) is 5.33. The van der Waals surface area contributed by atoms with Crippen LogP contribution < -0.4 is 10.1 Å². The Balaban J connectivity index is 2.38. The molecular formula is C14H17NO6S. The highest BCUT2D eigenvalue weighted by atomic mass is 32.2. The quantitative estimate of drug-likeness (QED) is 0.829. The minimum Gasteiger partial charge on any atom is -0.496 e. The number of sulfone groups is 1. The SMILES string of the molecule is COc1ccc(S(C)(=O)=O)cc1C(=O)NC1(C(=O)O)CCC1. The van der Waals surface area contributed by atoms with Crippen LogP contribution in [0.3, 0.4) is 0 Å². The number of methoxy groups -OCH3 is 1. The average molecular weight is 327 g/mol. The Morgan fingerprint density at radius 1 is 1.32 bits per heavy atom. The van der Waals surface area contributed by atoms with Crippen LogP contribution in [0.2, 0.25) is 0 Å². The number of amides is 1. The molecule has 1 fully saturated rings. The third-order valence-corrected chi connectivity index (χ3v) is 4.92. The van der Waals surface area contributed by atoms with E-state index in [2.05, 4.69) is 5.32 Å². The first-order valence-corrected chi connectivity index (χ1v) is 8.53. The molecule has 1 amide bonds. The van der Waals surface area contributed by atoms with Gasteiger partial charge in [0.2, 0.25) is 0 Å². The summed E-state index contributed by atoms with van der Waals surface area (Å²) in [5.41, 5.74) is -1.28. The zero-order chi connectivity index (χ0) is 16.5. The van der Waals surface area contributed by atoms with Crippen LogP contribution in [0.25, 0.3) is 0 Å². The molecule has 0 bridgehead atoms. The van der Waals surface area contributed by atoms with Gasteiger partial charge in [-0.05, 0) is 37.5 Å². The van der Waals surface area contributed by atoms with Crippen LogP contribution in [0.15, 0.2) is 23.1 Å². The highest BCUT2D eigenvalue weighted by Gasteiger charge is 2.46. The number of aliphatic carboxylic acids is 1. The largest absolute Gasteiger partial charge is 0.496 e. The van der Waals surface area contributed by atoms with Crippen LogP contribution in [0.5, 0.6) is 5.75 Å². The van der Waals surface area contributed by atoms with Crippen LogP contribution in [0.1, 0.15) is 29.6 Å². The van der Waals surface area contributed by atoms with Crippen molar-refractivity contribution < 1.29 is 27.9 Å². The van der Waals surface area contributed by atoms with Crippen molar-refractivity contribution in [1.29, 1.82) is 0 Å². The molecule has 120 valence electrons. The molecule has 0 unspecified atom stereocenters. The average Bonchev–Trinajstić information content (AvgIpc) is 2.40. The fraction of sp³-hybridized carbons (Fsp3) is 0.429. The minimum absolute atomic E-state index is 0.00190. The number of rotatable bonds is 5. The van der Waals surface area contributed by atoms with Crippen LogP contribution >= 0.6 is 0 Å². The number of carboxylic acid groups (broad SMARTS) is 1. The molecule has 0 aliphatic heterocycles. The van der Waals surface area contributed by atoms with Gasteiger partial charge >= 0.3 is 5.97 Å². The molecule has 0 heterocycles. The maximum Gasteiger partial charge on any atom is 0.329 e. The number of carbonyl (C=O) groups excluding carboxylic acids is 1. The summed E-state index contributed by atoms with van der Waals surface area (Å²) in [5, 5.41) is 11.7. The first-order valence-electron chi connectivity index (χ1n) is 6.64. The van der Waals surface area contributed by atoms with Gasteiger partial charge in [-0.15, -0.1) is 0 Å². The Kier molecular flexibility index (Phi) is 4.15. The van der Waals surface area contributed by atoms with Crippen molar-refractivity contribution in [2.75, 3.05) is 13.4 Å². The lowest BCUT2D eigenvalue weighted by atomic mass is 9.76. The maximum atomic E-state index is 12.4. The van der Waals surface area contributed by atoms with Gasteiger partial charge in [0.05, 0.1) is 17.6 Å². The first kappa shape index (κ1) is 16.3. The van der Waals surface area contributed by atoms with E-state index >= 15 is 0 Å². The summed E-state index contributed by atoms with van der Waals surface area (Å²) in [4.78, 5) is 23.6. The van der Waals surface area contributed by atoms with Gasteiger partial charge in [-0.1, -0.05) is 0 Å². The summed E-state index contributed by atoms with van der Waals surface area (Å²) in [6.45, 7) is 0. The Bertz CT molecular complexity index is 721. The van der Waals surface area contributed by atoms with Gasteiger partial charge in [-0.2, -0.15) is 0 Å². The van der Waals surface area contributed by atoms with Gasteiger partial charge in [-0.3, -0.25) is 4.79 Å². The highest BCUT2D eigenvalue weighted by molar-refractivity contribution is 7.90. The third-order valence-electron chi connectivity index (χ3n) is 3.81. The summed E-state index contributed by atoms with van der Waals surface area (Å²) in [6, 6.07) is 3.90. The molecule has 22 heavy (non-hydrogen) atoms. The van der Waals surface area contributed by atoms with Crippen molar-refractivity contribution in [2.45, 2.75) is 29.7 Å². The third kappa shape index (κ3) is 2.92. The summed E-state index contributed by atoms with van der Waals surface area (Å²) in [5.74, 6) is -1.57. The van der Waals surface area contributed by atoms with E-state index < -0.39 is 27.3 Å². The van der Waals surface area contributed by atoms with Gasteiger partial charge in [0, 0.05) is 6.26 Å². The number of benzene rings is 1. The smallest absolute Gasteiger partial charge is 0.329 e. The fourth-order valence-corrected chi connectivity index (χ4v) is 2.95. The van der Waals surface area contributed by atoms with Crippen LogP contribution in [-0.4, -0.2) is 44.3 Å². The Hall–Kier alpha value is -2.09. The predicted octanol–water partition coefficient (Wildman–Crippen LogP) is 0.836. The zero-order valence-electron chi connectivity index (χ0n) is 12.3. The molecule has 1 aromatic rings. The van der Waals surface area contributed by atoms with Crippen molar-refractivity contribution in [3.8, 4) is 5.75 Å². The number of carbonyl (C=O) groups is 2. The normalized spacial score (nSPS) is 16.5. The van der Waals surface area contributed by atoms with Crippen molar-refractivity contribution in [2.24, 2.45) is 0 Å². The molecule has 0 atom stereocenters. The summed E-state index contributed by atoms with van der Waals surface area (Å²) < 4.78 is 28.3. The van der Waals surface area contributed by atoms with Gasteiger partial charge in [-0.25, -0.2) is 13.2 Å². The Labute approximate surface area is 128 Å². The van der Waals surface area contributed by atoms with Gasteiger partial charge in [0.1, 0.15) is 11.3 Å². The van der Waals surface area contributed by atoms with E-state index in [1.165, 1.54) is 25.3 Å². The lowest BCUT2D eigenvalue weighted by Crippen LogP contribution is -2.59. The van der Waals surface area contributed by atoms with E-state index in [1.807, 2.05) is 0 Å². The predicted molar refractivity (Wildman–Crippen MR) is 77.8 cm³/mol. The van der Waals surface area contributed by atoms with E-state index in [4.69, 9.17) is 4.74 Å². The number of hydrogen-bond acceptors (Lipinski definition) is 5. The van der Waals surface area contributed by atoms with E-state index in [9.17, 15) is 23.1 Å². The monoisotopic (exact) mass is 327 g/mol. The van der Waals surface area contributed by atoms with Crippen LogP contribution in [0.4, 0.5) is 0 Å². The summed E-state index contributed by atoms with van der Waals surface area (Å²) in [7, 11) is -2.14. The molecule has 0 aromatic heterocycles. The molecule has 1 aliphatic rings. The van der Waals surface area contributed by atoms with E-state index in [0.717, 1.165) is 6.26 Å². The minimum atomic E-state index is -3.49. The van der Waals surface area contributed by atoms with Crippen molar-refractivity contribution >= 4 is 21.7 Å². The number of nitrogens with one attached hydrogen (secondary N) is 1. The molecule has 0 radical (unpaired) electrons. The van der Waals surface area contributed by atoms with Crippen molar-refractivity contribution in [1.82, 2.24) is 5.32 Å². The molecule has 1 saturated carbocycles. The number of carboxylic acids is 1. The molecule has 1 aromatic carbocycles. The molecule has 0 spiro atoms. The standard InChI is InChI=1S/C14H17NO6S/c1-21-11-5-4-9(22(2,19)20)8-10(11)12(16)15-14(13(17)18)6-3-7-14/h4-5,8H,3,6-7H2,1-2H3,(H,15,16)(H,17,18). The molecule has 2 rings (SSSR count). The van der Waals surface area contributed by atoms with Gasteiger partial charge in [0.15, 0.2) is 9.84 Å². The van der Waals surface area contributed by atoms with Crippen molar-refractivity contribution in [3.63, 3.8) is 0 Å². The lowest BCUT2D eigenvalue weighted by Gasteiger charge is -2.38. The van der Waals surface area contributed by atoms with Crippen LogP contribution in [0, 0.1) is 0 Å². The van der Waals surface area contributed by atoms with Gasteiger partial charge in [0.25, 0.3) is 5.91 Å². The van der Waals surface area contributed by atoms with Crippen LogP contribution in [-0.2, 0) is 14.6 Å². The number of ether oxygens (including phenoxy) is 1. The topological polar surface area (TPSA) is 110 Å². The lowest BCUT2D eigenvalue weighted by molar-refractivity contribution is -0.148. The van der Waals surface area contributed by atoms with Crippen molar-refractivity contribution in [3.05, 3.63) is 23.8 Å². The number of hydrogen-bond donors (Lipinski definition) is 2. The van der Waals surface area contributed by atoms with E-state index in [-0.39, 0.29) is 16.2 Å². The summed E-state index contributed by atoms with van der Waals surface area (Å²) in [6.07, 6.45) is 2.44. The highest BCUT2D eigenvalue weighted by Crippen LogP contribution is 2.33. The zero-order valence-corrected chi connectivity index (χ0v) is 13.1. The van der Waals surface area contributed by atoms with Gasteiger partial charge < -0.3 is 15.2 Å². The molecule has 2 N–H and O–H groups in total. The Morgan fingerprint density at radius 2 is 1.95 bits per heavy atom. The molecule has 8 heteroatoms. The van der Waals surface area contributed by atoms with E-state index in [1.54, 1.807) is 0 Å². The molecule has 1 aliphatic carbocycles. The second-order valence-corrected chi connectivity index (χ2v) is 7.34. The molecular weight excluding hydrogens is 310 g/mol. The maximum absolute atomic E-state index is 12.4. The first-order chi connectivity index (χ1) is 10.2. The Morgan fingerprint density at radius 3 is 2.36 bits per heavy atom. The molecule has 7 nitrogen and oxygen atoms in total.